The molecular weight excluding hydrogens is 336 g/mol. The van der Waals surface area contributed by atoms with Crippen molar-refractivity contribution in [3.63, 3.8) is 0 Å². The van der Waals surface area contributed by atoms with E-state index in [2.05, 4.69) is 4.74 Å². The number of hydrogen-bond donors (Lipinski definition) is 0. The van der Waals surface area contributed by atoms with Gasteiger partial charge in [-0.3, -0.25) is 14.9 Å². The Bertz CT molecular complexity index is 864. The minimum atomic E-state index is -0.955. The average Bonchev–Trinajstić information content (AvgIpc) is 2.60. The number of esters is 1. The lowest BCUT2D eigenvalue weighted by molar-refractivity contribution is -0.385. The average molecular weight is 347 g/mol. The van der Waals surface area contributed by atoms with Crippen LogP contribution in [0.5, 0.6) is 0 Å². The summed E-state index contributed by atoms with van der Waals surface area (Å²) in [7, 11) is 0. The van der Waals surface area contributed by atoms with Crippen LogP contribution in [0.25, 0.3) is 6.08 Å². The molecule has 25 heavy (non-hydrogen) atoms. The van der Waals surface area contributed by atoms with Crippen molar-refractivity contribution < 1.29 is 28.0 Å². The Morgan fingerprint density at radius 1 is 1.16 bits per heavy atom. The molecule has 0 radical (unpaired) electrons. The largest absolute Gasteiger partial charge is 0.454 e. The predicted molar refractivity (Wildman–Crippen MR) is 83.8 cm³/mol. The second kappa shape index (κ2) is 7.91. The SMILES string of the molecule is O=C(/C=C/c1ccccc1[N+](=O)[O-])OCC(=O)c1cc(F)ccc1F. The molecule has 0 aromatic heterocycles. The molecule has 2 aromatic rings. The Morgan fingerprint density at radius 2 is 1.88 bits per heavy atom. The quantitative estimate of drug-likeness (QED) is 0.263. The van der Waals surface area contributed by atoms with Crippen LogP contribution < -0.4 is 0 Å². The molecule has 0 amide bonds. The zero-order chi connectivity index (χ0) is 18.4. The Hall–Kier alpha value is -3.42. The summed E-state index contributed by atoms with van der Waals surface area (Å²) in [5.41, 5.74) is -0.563. The van der Waals surface area contributed by atoms with Crippen LogP contribution in [0.4, 0.5) is 14.5 Å². The fraction of sp³-hybridized carbons (Fsp3) is 0.0588. The Kier molecular flexibility index (Phi) is 5.67. The number of carbonyl (C=O) groups excluding carboxylic acids is 2. The molecule has 0 aliphatic carbocycles. The van der Waals surface area contributed by atoms with Crippen LogP contribution >= 0.6 is 0 Å². The first-order valence-corrected chi connectivity index (χ1v) is 6.95. The van der Waals surface area contributed by atoms with Crippen molar-refractivity contribution in [2.24, 2.45) is 0 Å². The van der Waals surface area contributed by atoms with E-state index in [0.29, 0.717) is 6.07 Å². The Balaban J connectivity index is 2.00. The minimum Gasteiger partial charge on any atom is -0.454 e. The third-order valence-corrected chi connectivity index (χ3v) is 3.11. The molecule has 0 saturated heterocycles. The number of Topliss-reactive ketones (excluding diaryl/α,β-unsaturated/α-hetero) is 1. The highest BCUT2D eigenvalue weighted by Gasteiger charge is 2.15. The number of carbonyl (C=O) groups is 2. The van der Waals surface area contributed by atoms with Gasteiger partial charge < -0.3 is 4.74 Å². The lowest BCUT2D eigenvalue weighted by Crippen LogP contribution is -2.14. The smallest absolute Gasteiger partial charge is 0.331 e. The van der Waals surface area contributed by atoms with Crippen LogP contribution in [0.1, 0.15) is 15.9 Å². The van der Waals surface area contributed by atoms with E-state index in [4.69, 9.17) is 0 Å². The molecule has 8 heteroatoms. The predicted octanol–water partition coefficient (Wildman–Crippen LogP) is 3.31. The summed E-state index contributed by atoms with van der Waals surface area (Å²) in [5, 5.41) is 10.8. The zero-order valence-electron chi connectivity index (χ0n) is 12.6. The molecule has 0 unspecified atom stereocenters. The summed E-state index contributed by atoms with van der Waals surface area (Å²) in [6.45, 7) is -0.791. The van der Waals surface area contributed by atoms with Crippen LogP contribution in [-0.2, 0) is 9.53 Å². The highest BCUT2D eigenvalue weighted by Crippen LogP contribution is 2.19. The summed E-state index contributed by atoms with van der Waals surface area (Å²) < 4.78 is 31.1. The summed E-state index contributed by atoms with van der Waals surface area (Å²) in [6.07, 6.45) is 2.06. The van der Waals surface area contributed by atoms with Gasteiger partial charge in [0.05, 0.1) is 16.1 Å². The molecule has 0 heterocycles. The molecule has 0 N–H and O–H groups in total. The summed E-state index contributed by atoms with van der Waals surface area (Å²) in [5.74, 6) is -3.60. The van der Waals surface area contributed by atoms with Gasteiger partial charge in [0.1, 0.15) is 11.6 Å². The fourth-order valence-electron chi connectivity index (χ4n) is 1.93. The van der Waals surface area contributed by atoms with Crippen molar-refractivity contribution in [2.75, 3.05) is 6.61 Å². The van der Waals surface area contributed by atoms with Gasteiger partial charge in [0.15, 0.2) is 6.61 Å². The zero-order valence-corrected chi connectivity index (χ0v) is 12.6. The van der Waals surface area contributed by atoms with E-state index in [9.17, 15) is 28.5 Å². The van der Waals surface area contributed by atoms with Crippen molar-refractivity contribution in [3.8, 4) is 0 Å². The van der Waals surface area contributed by atoms with E-state index in [1.807, 2.05) is 0 Å². The van der Waals surface area contributed by atoms with Crippen molar-refractivity contribution in [1.82, 2.24) is 0 Å². The molecule has 0 fully saturated rings. The van der Waals surface area contributed by atoms with Crippen molar-refractivity contribution >= 4 is 23.5 Å². The lowest BCUT2D eigenvalue weighted by Gasteiger charge is -2.03. The van der Waals surface area contributed by atoms with Crippen molar-refractivity contribution in [2.45, 2.75) is 0 Å². The molecule has 6 nitrogen and oxygen atoms in total. The molecule has 0 spiro atoms. The number of benzene rings is 2. The maximum atomic E-state index is 13.4. The molecular formula is C17H11F2NO5. The molecule has 0 bridgehead atoms. The van der Waals surface area contributed by atoms with Gasteiger partial charge in [-0.1, -0.05) is 12.1 Å². The number of ketones is 1. The van der Waals surface area contributed by atoms with E-state index in [1.54, 1.807) is 6.07 Å². The third-order valence-electron chi connectivity index (χ3n) is 3.11. The topological polar surface area (TPSA) is 86.5 Å². The van der Waals surface area contributed by atoms with Gasteiger partial charge in [0, 0.05) is 12.1 Å². The van der Waals surface area contributed by atoms with E-state index in [0.717, 1.165) is 24.3 Å². The van der Waals surface area contributed by atoms with E-state index < -0.39 is 40.5 Å². The summed E-state index contributed by atoms with van der Waals surface area (Å²) >= 11 is 0. The van der Waals surface area contributed by atoms with Gasteiger partial charge in [-0.2, -0.15) is 0 Å². The first kappa shape index (κ1) is 17.9. The fourth-order valence-corrected chi connectivity index (χ4v) is 1.93. The first-order valence-electron chi connectivity index (χ1n) is 6.95. The molecule has 0 aliphatic heterocycles. The second-order valence-corrected chi connectivity index (χ2v) is 4.80. The number of halogens is 2. The van der Waals surface area contributed by atoms with E-state index >= 15 is 0 Å². The molecule has 128 valence electrons. The summed E-state index contributed by atoms with van der Waals surface area (Å²) in [6, 6.07) is 8.06. The van der Waals surface area contributed by atoms with Gasteiger partial charge in [-0.25, -0.2) is 13.6 Å². The number of nitro benzene ring substituents is 1. The monoisotopic (exact) mass is 347 g/mol. The maximum Gasteiger partial charge on any atom is 0.331 e. The number of rotatable bonds is 6. The lowest BCUT2D eigenvalue weighted by atomic mass is 10.1. The maximum absolute atomic E-state index is 13.4. The van der Waals surface area contributed by atoms with E-state index in [1.165, 1.54) is 18.2 Å². The standard InChI is InChI=1S/C17H11F2NO5/c18-12-6-7-14(19)13(9-12)16(21)10-25-17(22)8-5-11-3-1-2-4-15(11)20(23)24/h1-9H,10H2/b8-5+. The van der Waals surface area contributed by atoms with Gasteiger partial charge in [-0.15, -0.1) is 0 Å². The van der Waals surface area contributed by atoms with E-state index in [-0.39, 0.29) is 11.3 Å². The Morgan fingerprint density at radius 3 is 2.60 bits per heavy atom. The molecule has 0 atom stereocenters. The highest BCUT2D eigenvalue weighted by molar-refractivity contribution is 5.99. The van der Waals surface area contributed by atoms with Gasteiger partial charge in [0.2, 0.25) is 5.78 Å². The van der Waals surface area contributed by atoms with Gasteiger partial charge >= 0.3 is 5.97 Å². The van der Waals surface area contributed by atoms with Crippen LogP contribution in [0.2, 0.25) is 0 Å². The van der Waals surface area contributed by atoms with Crippen LogP contribution in [0, 0.1) is 21.7 Å². The van der Waals surface area contributed by atoms with Crippen LogP contribution in [0.15, 0.2) is 48.5 Å². The number of nitro groups is 1. The molecule has 2 aromatic carbocycles. The van der Waals surface area contributed by atoms with Gasteiger partial charge in [-0.05, 0) is 30.3 Å². The normalized spacial score (nSPS) is 10.6. The number of hydrogen-bond acceptors (Lipinski definition) is 5. The van der Waals surface area contributed by atoms with Crippen molar-refractivity contribution in [1.29, 1.82) is 0 Å². The van der Waals surface area contributed by atoms with Crippen LogP contribution in [0.3, 0.4) is 0 Å². The minimum absolute atomic E-state index is 0.173. The number of nitrogens with zero attached hydrogens (tertiary/aromatic N) is 1. The van der Waals surface area contributed by atoms with Crippen LogP contribution in [-0.4, -0.2) is 23.3 Å². The molecule has 0 saturated carbocycles. The first-order chi connectivity index (χ1) is 11.9. The van der Waals surface area contributed by atoms with Crippen molar-refractivity contribution in [3.05, 3.63) is 81.4 Å². The molecule has 0 aliphatic rings. The number of para-hydroxylation sites is 1. The third kappa shape index (κ3) is 4.77. The number of ether oxygens (including phenoxy) is 1. The Labute approximate surface area is 140 Å². The summed E-state index contributed by atoms with van der Waals surface area (Å²) in [4.78, 5) is 33.6. The highest BCUT2D eigenvalue weighted by atomic mass is 19.1. The molecule has 2 rings (SSSR count). The van der Waals surface area contributed by atoms with Gasteiger partial charge in [0.25, 0.3) is 5.69 Å². The second-order valence-electron chi connectivity index (χ2n) is 4.80.